The number of carbonyl (C=O) groups is 3. The van der Waals surface area contributed by atoms with Crippen LogP contribution in [0.2, 0.25) is 0 Å². The van der Waals surface area contributed by atoms with E-state index in [0.717, 1.165) is 0 Å². The molecule has 3 N–H and O–H groups in total. The number of carboxylic acids is 2. The van der Waals surface area contributed by atoms with Crippen molar-refractivity contribution in [3.8, 4) is 0 Å². The van der Waals surface area contributed by atoms with Crippen LogP contribution < -0.4 is 5.32 Å². The number of rotatable bonds is 4. The summed E-state index contributed by atoms with van der Waals surface area (Å²) in [6, 6.07) is 9.41. The monoisotopic (exact) mass is 279 g/mol. The van der Waals surface area contributed by atoms with Gasteiger partial charge < -0.3 is 15.5 Å². The van der Waals surface area contributed by atoms with Gasteiger partial charge in [-0.25, -0.2) is 9.59 Å². The highest BCUT2D eigenvalue weighted by atomic mass is 16.4. The smallest absolute Gasteiger partial charge is 0.328 e. The average Bonchev–Trinajstić information content (AvgIpc) is 2.37. The molecule has 1 aromatic rings. The lowest BCUT2D eigenvalue weighted by atomic mass is 10.2. The summed E-state index contributed by atoms with van der Waals surface area (Å²) in [5, 5.41) is 18.4. The largest absolute Gasteiger partial charge is 0.478 e. The number of benzene rings is 1. The van der Waals surface area contributed by atoms with Gasteiger partial charge in [-0.1, -0.05) is 18.2 Å². The van der Waals surface area contributed by atoms with E-state index in [9.17, 15) is 14.4 Å². The van der Waals surface area contributed by atoms with Crippen LogP contribution >= 0.6 is 0 Å². The van der Waals surface area contributed by atoms with Crippen molar-refractivity contribution in [2.45, 2.75) is 19.9 Å². The molecule has 0 aromatic heterocycles. The second-order valence-electron chi connectivity index (χ2n) is 4.00. The average molecular weight is 279 g/mol. The molecule has 0 saturated heterocycles. The molecule has 0 radical (unpaired) electrons. The van der Waals surface area contributed by atoms with Gasteiger partial charge in [-0.05, 0) is 26.0 Å². The highest BCUT2D eigenvalue weighted by Crippen LogP contribution is 1.98. The molecule has 6 heteroatoms. The summed E-state index contributed by atoms with van der Waals surface area (Å²) >= 11 is 0. The van der Waals surface area contributed by atoms with Gasteiger partial charge in [0.25, 0.3) is 5.91 Å². The molecule has 1 rings (SSSR count). The molecule has 6 nitrogen and oxygen atoms in total. The van der Waals surface area contributed by atoms with Gasteiger partial charge in [-0.2, -0.15) is 0 Å². The van der Waals surface area contributed by atoms with Crippen LogP contribution in [0.1, 0.15) is 24.2 Å². The van der Waals surface area contributed by atoms with Gasteiger partial charge in [0.1, 0.15) is 0 Å². The van der Waals surface area contributed by atoms with Crippen LogP contribution in [-0.2, 0) is 9.59 Å². The van der Waals surface area contributed by atoms with Crippen LogP contribution in [-0.4, -0.2) is 34.1 Å². The molecule has 0 bridgehead atoms. The topological polar surface area (TPSA) is 104 Å². The number of amides is 1. The summed E-state index contributed by atoms with van der Waals surface area (Å²) in [5.41, 5.74) is 0.714. The number of hydrogen-bond donors (Lipinski definition) is 3. The van der Waals surface area contributed by atoms with Crippen LogP contribution in [0, 0.1) is 0 Å². The zero-order valence-electron chi connectivity index (χ0n) is 11.2. The van der Waals surface area contributed by atoms with Crippen LogP contribution in [0.15, 0.2) is 42.5 Å². The first kappa shape index (κ1) is 17.4. The van der Waals surface area contributed by atoms with Crippen molar-refractivity contribution in [2.75, 3.05) is 0 Å². The Morgan fingerprint density at radius 1 is 1.00 bits per heavy atom. The Kier molecular flexibility index (Phi) is 8.09. The lowest BCUT2D eigenvalue weighted by molar-refractivity contribution is -0.134. The third-order valence-electron chi connectivity index (χ3n) is 1.82. The Hall–Kier alpha value is -2.63. The normalized spacial score (nSPS) is 9.75. The molecule has 1 amide bonds. The highest BCUT2D eigenvalue weighted by Gasteiger charge is 2.04. The fourth-order valence-electron chi connectivity index (χ4n) is 1.08. The van der Waals surface area contributed by atoms with Gasteiger partial charge in [0.2, 0.25) is 0 Å². The molecule has 108 valence electrons. The summed E-state index contributed by atoms with van der Waals surface area (Å²) in [7, 11) is 0. The molecule has 0 unspecified atom stereocenters. The van der Waals surface area contributed by atoms with Crippen molar-refractivity contribution >= 4 is 17.8 Å². The lowest BCUT2D eigenvalue weighted by Gasteiger charge is -2.07. The molecule has 0 saturated carbocycles. The Balaban J connectivity index is 0.000000396. The van der Waals surface area contributed by atoms with Gasteiger partial charge >= 0.3 is 11.9 Å². The number of carbonyl (C=O) groups excluding carboxylic acids is 1. The van der Waals surface area contributed by atoms with E-state index < -0.39 is 11.9 Å². The van der Waals surface area contributed by atoms with E-state index in [1.54, 1.807) is 12.1 Å². The Bertz CT molecular complexity index is 464. The van der Waals surface area contributed by atoms with Crippen molar-refractivity contribution < 1.29 is 24.6 Å². The molecule has 0 spiro atoms. The van der Waals surface area contributed by atoms with Gasteiger partial charge in [0, 0.05) is 23.8 Å². The van der Waals surface area contributed by atoms with Crippen molar-refractivity contribution in [2.24, 2.45) is 0 Å². The van der Waals surface area contributed by atoms with E-state index in [0.29, 0.717) is 17.7 Å². The summed E-state index contributed by atoms with van der Waals surface area (Å²) in [6.07, 6.45) is 1.12. The molecule has 0 atom stereocenters. The molecular formula is C14H17NO5. The Morgan fingerprint density at radius 2 is 1.45 bits per heavy atom. The summed E-state index contributed by atoms with van der Waals surface area (Å²) in [6.45, 7) is 3.89. The predicted octanol–water partition coefficient (Wildman–Crippen LogP) is 1.54. The zero-order valence-corrected chi connectivity index (χ0v) is 11.2. The Morgan fingerprint density at radius 3 is 1.80 bits per heavy atom. The first-order valence-electron chi connectivity index (χ1n) is 5.82. The minimum Gasteiger partial charge on any atom is -0.478 e. The number of nitrogens with one attached hydrogen (secondary N) is 1. The predicted molar refractivity (Wildman–Crippen MR) is 73.5 cm³/mol. The molecule has 0 fully saturated rings. The molecule has 20 heavy (non-hydrogen) atoms. The van der Waals surface area contributed by atoms with Gasteiger partial charge in [0.05, 0.1) is 0 Å². The quantitative estimate of drug-likeness (QED) is 0.725. The van der Waals surface area contributed by atoms with Crippen molar-refractivity contribution in [3.63, 3.8) is 0 Å². The van der Waals surface area contributed by atoms with E-state index in [2.05, 4.69) is 5.32 Å². The summed E-state index contributed by atoms with van der Waals surface area (Å²) < 4.78 is 0. The van der Waals surface area contributed by atoms with Gasteiger partial charge in [0.15, 0.2) is 0 Å². The van der Waals surface area contributed by atoms with E-state index in [4.69, 9.17) is 10.2 Å². The minimum atomic E-state index is -1.26. The SMILES string of the molecule is CC(C)NC(=O)c1ccccc1.O=C(O)/C=C\C(=O)O. The maximum atomic E-state index is 11.3. The van der Waals surface area contributed by atoms with Crippen LogP contribution in [0.3, 0.4) is 0 Å². The molecular weight excluding hydrogens is 262 g/mol. The lowest BCUT2D eigenvalue weighted by Crippen LogP contribution is -2.29. The molecule has 1 aromatic carbocycles. The van der Waals surface area contributed by atoms with Gasteiger partial charge in [-0.3, -0.25) is 4.79 Å². The van der Waals surface area contributed by atoms with E-state index in [-0.39, 0.29) is 11.9 Å². The van der Waals surface area contributed by atoms with Crippen LogP contribution in [0.25, 0.3) is 0 Å². The summed E-state index contributed by atoms with van der Waals surface area (Å²) in [4.78, 5) is 30.5. The number of hydrogen-bond acceptors (Lipinski definition) is 3. The van der Waals surface area contributed by atoms with E-state index in [1.165, 1.54) is 0 Å². The molecule has 0 aliphatic carbocycles. The van der Waals surface area contributed by atoms with Crippen LogP contribution in [0.4, 0.5) is 0 Å². The third-order valence-corrected chi connectivity index (χ3v) is 1.82. The first-order chi connectivity index (χ1) is 9.32. The standard InChI is InChI=1S/C10H13NO.C4H4O4/c1-8(2)11-10(12)9-6-4-3-5-7-9;5-3(6)1-2-4(7)8/h3-8H,1-2H3,(H,11,12);1-2H,(H,5,6)(H,7,8)/b;2-1-. The van der Waals surface area contributed by atoms with Crippen molar-refractivity contribution in [3.05, 3.63) is 48.0 Å². The maximum Gasteiger partial charge on any atom is 0.328 e. The summed E-state index contributed by atoms with van der Waals surface area (Å²) in [5.74, 6) is -2.52. The first-order valence-corrected chi connectivity index (χ1v) is 5.82. The fraction of sp³-hybridized carbons (Fsp3) is 0.214. The second-order valence-corrected chi connectivity index (χ2v) is 4.00. The molecule has 0 aliphatic rings. The number of carboxylic acid groups (broad SMARTS) is 2. The molecule has 0 aliphatic heterocycles. The molecule has 0 heterocycles. The third kappa shape index (κ3) is 9.41. The van der Waals surface area contributed by atoms with Crippen molar-refractivity contribution in [1.82, 2.24) is 5.32 Å². The number of aliphatic carboxylic acids is 2. The zero-order chi connectivity index (χ0) is 15.5. The van der Waals surface area contributed by atoms with E-state index >= 15 is 0 Å². The Labute approximate surface area is 116 Å². The van der Waals surface area contributed by atoms with Crippen LogP contribution in [0.5, 0.6) is 0 Å². The van der Waals surface area contributed by atoms with E-state index in [1.807, 2.05) is 32.0 Å². The van der Waals surface area contributed by atoms with Gasteiger partial charge in [-0.15, -0.1) is 0 Å². The second kappa shape index (κ2) is 9.32. The van der Waals surface area contributed by atoms with Crippen molar-refractivity contribution in [1.29, 1.82) is 0 Å². The maximum absolute atomic E-state index is 11.3. The highest BCUT2D eigenvalue weighted by molar-refractivity contribution is 5.94. The minimum absolute atomic E-state index is 0.00870. The fourth-order valence-corrected chi connectivity index (χ4v) is 1.08.